The van der Waals surface area contributed by atoms with Gasteiger partial charge in [0.25, 0.3) is 0 Å². The number of carboxylic acid groups (broad SMARTS) is 1. The number of carbonyl (C=O) groups is 3. The number of rotatable bonds is 5. The summed E-state index contributed by atoms with van der Waals surface area (Å²) >= 11 is 0. The van der Waals surface area contributed by atoms with E-state index < -0.39 is 48.7 Å². The molecule has 0 radical (unpaired) electrons. The Morgan fingerprint density at radius 2 is 1.94 bits per heavy atom. The molecule has 178 valence electrons. The molecule has 0 saturated carbocycles. The van der Waals surface area contributed by atoms with Crippen molar-refractivity contribution < 1.29 is 32.7 Å². The summed E-state index contributed by atoms with van der Waals surface area (Å²) in [6.45, 7) is 2.99. The zero-order valence-corrected chi connectivity index (χ0v) is 18.3. The number of hydrogen-bond donors (Lipinski definition) is 1. The lowest BCUT2D eigenvalue weighted by Gasteiger charge is -2.37. The number of nitrogens with zero attached hydrogens (tertiary/aromatic N) is 4. The van der Waals surface area contributed by atoms with Crippen LogP contribution in [0.5, 0.6) is 0 Å². The van der Waals surface area contributed by atoms with E-state index in [1.807, 2.05) is 11.5 Å². The van der Waals surface area contributed by atoms with Crippen LogP contribution in [-0.4, -0.2) is 44.0 Å². The molecular weight excluding hydrogens is 453 g/mol. The topological polar surface area (TPSA) is 95.7 Å². The summed E-state index contributed by atoms with van der Waals surface area (Å²) in [7, 11) is 0. The molecule has 34 heavy (non-hydrogen) atoms. The summed E-state index contributed by atoms with van der Waals surface area (Å²) in [4.78, 5) is 44.1. The van der Waals surface area contributed by atoms with Gasteiger partial charge in [0.05, 0.1) is 29.5 Å². The SMILES string of the molecule is CCn1cnc2cc(N3CC(C(=O)O)C(=O)N(Cc4cccc(C(F)(F)F)c4C)C3=O)ccc21. The Hall–Kier alpha value is -3.89. The standard InChI is InChI=1S/C23H21F3N4O4/c1-3-28-12-27-18-9-15(7-8-19(18)28)29-11-16(21(32)33)20(31)30(22(29)34)10-14-5-4-6-17(13(14)2)23(24,25)26/h4-9,12,16H,3,10-11H2,1-2H3,(H,32,33). The molecule has 3 aromatic rings. The van der Waals surface area contributed by atoms with E-state index in [2.05, 4.69) is 4.98 Å². The number of imidazole rings is 1. The number of alkyl halides is 3. The van der Waals surface area contributed by atoms with Crippen LogP contribution in [0.1, 0.15) is 23.6 Å². The number of imide groups is 1. The van der Waals surface area contributed by atoms with Crippen LogP contribution in [-0.2, 0) is 28.9 Å². The quantitative estimate of drug-likeness (QED) is 0.563. The van der Waals surface area contributed by atoms with Gasteiger partial charge >= 0.3 is 18.2 Å². The number of halogens is 3. The van der Waals surface area contributed by atoms with Crippen molar-refractivity contribution in [3.8, 4) is 0 Å². The Morgan fingerprint density at radius 3 is 2.59 bits per heavy atom. The number of anilines is 1. The van der Waals surface area contributed by atoms with Gasteiger partial charge in [0.1, 0.15) is 0 Å². The van der Waals surface area contributed by atoms with Crippen molar-refractivity contribution in [3.63, 3.8) is 0 Å². The number of aromatic nitrogens is 2. The van der Waals surface area contributed by atoms with E-state index >= 15 is 0 Å². The summed E-state index contributed by atoms with van der Waals surface area (Å²) in [6.07, 6.45) is -2.97. The van der Waals surface area contributed by atoms with Crippen LogP contribution in [0.25, 0.3) is 11.0 Å². The molecule has 4 rings (SSSR count). The van der Waals surface area contributed by atoms with Gasteiger partial charge < -0.3 is 9.67 Å². The lowest BCUT2D eigenvalue weighted by molar-refractivity contribution is -0.150. The molecule has 1 fully saturated rings. The van der Waals surface area contributed by atoms with Crippen LogP contribution in [0.3, 0.4) is 0 Å². The van der Waals surface area contributed by atoms with Crippen molar-refractivity contribution in [2.24, 2.45) is 5.92 Å². The third-order valence-electron chi connectivity index (χ3n) is 6.03. The molecular formula is C23H21F3N4O4. The highest BCUT2D eigenvalue weighted by Gasteiger charge is 2.44. The Kier molecular flexibility index (Phi) is 5.80. The monoisotopic (exact) mass is 474 g/mol. The average molecular weight is 474 g/mol. The normalized spacial score (nSPS) is 17.0. The van der Waals surface area contributed by atoms with Crippen molar-refractivity contribution in [3.05, 3.63) is 59.4 Å². The number of carbonyl (C=O) groups excluding carboxylic acids is 2. The summed E-state index contributed by atoms with van der Waals surface area (Å²) in [5.74, 6) is -3.96. The second kappa shape index (κ2) is 8.47. The maximum Gasteiger partial charge on any atom is 0.416 e. The molecule has 1 atom stereocenters. The van der Waals surface area contributed by atoms with E-state index in [0.29, 0.717) is 22.6 Å². The fourth-order valence-electron chi connectivity index (χ4n) is 4.12. The zero-order valence-electron chi connectivity index (χ0n) is 18.3. The van der Waals surface area contributed by atoms with E-state index in [0.717, 1.165) is 16.5 Å². The average Bonchev–Trinajstić information content (AvgIpc) is 3.19. The van der Waals surface area contributed by atoms with Gasteiger partial charge in [0.2, 0.25) is 5.91 Å². The van der Waals surface area contributed by atoms with Crippen molar-refractivity contribution in [1.29, 1.82) is 0 Å². The molecule has 2 aromatic carbocycles. The molecule has 11 heteroatoms. The Morgan fingerprint density at radius 1 is 1.21 bits per heavy atom. The summed E-state index contributed by atoms with van der Waals surface area (Å²) < 4.78 is 41.9. The first-order valence-corrected chi connectivity index (χ1v) is 10.5. The number of hydrogen-bond acceptors (Lipinski definition) is 4. The van der Waals surface area contributed by atoms with Crippen LogP contribution in [0.15, 0.2) is 42.7 Å². The van der Waals surface area contributed by atoms with Crippen LogP contribution >= 0.6 is 0 Å². The third-order valence-corrected chi connectivity index (χ3v) is 6.03. The highest BCUT2D eigenvalue weighted by atomic mass is 19.4. The summed E-state index contributed by atoms with van der Waals surface area (Å²) in [5.41, 5.74) is 0.814. The molecule has 1 saturated heterocycles. The van der Waals surface area contributed by atoms with Gasteiger partial charge in [0, 0.05) is 18.8 Å². The highest BCUT2D eigenvalue weighted by molar-refractivity contribution is 6.12. The Balaban J connectivity index is 1.73. The molecule has 1 aromatic heterocycles. The van der Waals surface area contributed by atoms with Gasteiger partial charge in [0.15, 0.2) is 5.92 Å². The smallest absolute Gasteiger partial charge is 0.416 e. The van der Waals surface area contributed by atoms with Gasteiger partial charge in [-0.05, 0) is 49.2 Å². The lowest BCUT2D eigenvalue weighted by Crippen LogP contribution is -2.58. The molecule has 3 amide bonds. The number of carboxylic acids is 1. The van der Waals surface area contributed by atoms with E-state index in [1.54, 1.807) is 24.5 Å². The van der Waals surface area contributed by atoms with Crippen LogP contribution < -0.4 is 4.90 Å². The van der Waals surface area contributed by atoms with Crippen LogP contribution in [0.2, 0.25) is 0 Å². The number of fused-ring (bicyclic) bond motifs is 1. The van der Waals surface area contributed by atoms with Gasteiger partial charge in [-0.2, -0.15) is 13.2 Å². The first-order chi connectivity index (χ1) is 16.0. The maximum absolute atomic E-state index is 13.3. The Labute approximate surface area is 192 Å². The van der Waals surface area contributed by atoms with Crippen LogP contribution in [0, 0.1) is 12.8 Å². The number of benzene rings is 2. The highest BCUT2D eigenvalue weighted by Crippen LogP contribution is 2.34. The zero-order chi connectivity index (χ0) is 24.8. The minimum absolute atomic E-state index is 0.0969. The van der Waals surface area contributed by atoms with E-state index in [4.69, 9.17) is 0 Å². The fourth-order valence-corrected chi connectivity index (χ4v) is 4.12. The lowest BCUT2D eigenvalue weighted by atomic mass is 9.99. The van der Waals surface area contributed by atoms with Crippen molar-refractivity contribution >= 4 is 34.6 Å². The van der Waals surface area contributed by atoms with E-state index in [9.17, 15) is 32.7 Å². The molecule has 2 heterocycles. The molecule has 0 aliphatic carbocycles. The van der Waals surface area contributed by atoms with E-state index in [-0.39, 0.29) is 11.1 Å². The van der Waals surface area contributed by atoms with Gasteiger partial charge in [-0.1, -0.05) is 12.1 Å². The molecule has 1 unspecified atom stereocenters. The second-order valence-electron chi connectivity index (χ2n) is 8.00. The second-order valence-corrected chi connectivity index (χ2v) is 8.00. The van der Waals surface area contributed by atoms with Crippen molar-refractivity contribution in [2.45, 2.75) is 33.1 Å². The molecule has 1 N–H and O–H groups in total. The van der Waals surface area contributed by atoms with Gasteiger partial charge in [-0.15, -0.1) is 0 Å². The van der Waals surface area contributed by atoms with Crippen molar-refractivity contribution in [1.82, 2.24) is 14.5 Å². The predicted molar refractivity (Wildman–Crippen MR) is 116 cm³/mol. The number of urea groups is 1. The first-order valence-electron chi connectivity index (χ1n) is 10.5. The number of aryl methyl sites for hydroxylation is 1. The van der Waals surface area contributed by atoms with Crippen LogP contribution in [0.4, 0.5) is 23.7 Å². The molecule has 0 bridgehead atoms. The van der Waals surface area contributed by atoms with E-state index in [1.165, 1.54) is 19.1 Å². The number of amides is 3. The fraction of sp³-hybridized carbons (Fsp3) is 0.304. The molecule has 1 aliphatic heterocycles. The van der Waals surface area contributed by atoms with Gasteiger partial charge in [-0.25, -0.2) is 9.78 Å². The first kappa shape index (κ1) is 23.3. The Bertz CT molecular complexity index is 1300. The van der Waals surface area contributed by atoms with Crippen molar-refractivity contribution in [2.75, 3.05) is 11.4 Å². The van der Waals surface area contributed by atoms with Gasteiger partial charge in [-0.3, -0.25) is 19.4 Å². The maximum atomic E-state index is 13.3. The summed E-state index contributed by atoms with van der Waals surface area (Å²) in [5, 5.41) is 9.61. The minimum Gasteiger partial charge on any atom is -0.481 e. The largest absolute Gasteiger partial charge is 0.481 e. The third kappa shape index (κ3) is 3.97. The number of aliphatic carboxylic acids is 1. The summed E-state index contributed by atoms with van der Waals surface area (Å²) in [6, 6.07) is 7.64. The molecule has 0 spiro atoms. The predicted octanol–water partition coefficient (Wildman–Crippen LogP) is 4.05. The molecule has 8 nitrogen and oxygen atoms in total. The molecule has 1 aliphatic rings. The minimum atomic E-state index is -4.61.